The number of aliphatic hydroxyl groups excluding tert-OH is 1. The second-order valence-electron chi connectivity index (χ2n) is 32.7. The lowest BCUT2D eigenvalue weighted by Crippen LogP contribution is -2.58. The lowest BCUT2D eigenvalue weighted by Gasteiger charge is -2.30. The van der Waals surface area contributed by atoms with E-state index in [1.165, 1.54) is 21.1 Å². The number of sulfonamides is 1. The van der Waals surface area contributed by atoms with Gasteiger partial charge in [-0.2, -0.15) is 0 Å². The van der Waals surface area contributed by atoms with Crippen LogP contribution in [0.15, 0.2) is 83.6 Å². The molecule has 610 valence electrons. The van der Waals surface area contributed by atoms with E-state index in [9.17, 15) is 57.0 Å². The maximum atomic E-state index is 14.7. The Kier molecular flexibility index (Phi) is 26.6. The summed E-state index contributed by atoms with van der Waals surface area (Å²) in [4.78, 5) is 129. The van der Waals surface area contributed by atoms with E-state index in [1.807, 2.05) is 66.1 Å². The van der Waals surface area contributed by atoms with E-state index in [-0.39, 0.29) is 50.6 Å². The van der Waals surface area contributed by atoms with Gasteiger partial charge in [0.2, 0.25) is 33.7 Å². The third-order valence-corrected chi connectivity index (χ3v) is 24.7. The number of carbonyl (C=O) groups is 8. The molecule has 2 aromatic carbocycles. The number of alkyl carbamates (subject to hydrolysis) is 2. The molecule has 4 aliphatic heterocycles. The van der Waals surface area contributed by atoms with Crippen LogP contribution in [0.1, 0.15) is 195 Å². The molecule has 8 heterocycles. The lowest BCUT2D eigenvalue weighted by atomic mass is 10.0. The van der Waals surface area contributed by atoms with Crippen LogP contribution in [0.2, 0.25) is 5.02 Å². The molecule has 0 spiro atoms. The lowest BCUT2D eigenvalue weighted by molar-refractivity contribution is -0.145. The quantitative estimate of drug-likeness (QED) is 0.0498. The van der Waals surface area contributed by atoms with Gasteiger partial charge < -0.3 is 65.0 Å². The van der Waals surface area contributed by atoms with Crippen molar-refractivity contribution in [2.24, 2.45) is 11.8 Å². The number of carbonyl (C=O) groups excluding carboxylic acids is 7. The number of aliphatic hydroxyl groups is 1. The summed E-state index contributed by atoms with van der Waals surface area (Å²) in [5.74, 6) is -2.41. The molecule has 2 unspecified atom stereocenters. The molecule has 0 bridgehead atoms. The van der Waals surface area contributed by atoms with Gasteiger partial charge >= 0.3 is 18.2 Å². The van der Waals surface area contributed by atoms with Crippen molar-refractivity contribution in [3.63, 3.8) is 0 Å². The Morgan fingerprint density at radius 3 is 1.60 bits per heavy atom. The fourth-order valence-corrected chi connectivity index (χ4v) is 17.8. The molecule has 113 heavy (non-hydrogen) atoms. The summed E-state index contributed by atoms with van der Waals surface area (Å²) in [5.41, 5.74) is 0.365. The first kappa shape index (κ1) is 84.9. The number of allylic oxidation sites excluding steroid dienone is 2. The summed E-state index contributed by atoms with van der Waals surface area (Å²) in [7, 11) is -0.694. The van der Waals surface area contributed by atoms with Gasteiger partial charge in [-0.3, -0.25) is 28.7 Å². The average Bonchev–Trinajstić information content (AvgIpc) is 1.60. The number of aromatic nitrogens is 4. The van der Waals surface area contributed by atoms with Crippen molar-refractivity contribution < 1.29 is 80.7 Å². The highest BCUT2D eigenvalue weighted by Gasteiger charge is 2.63. The van der Waals surface area contributed by atoms with Crippen LogP contribution in [0.4, 0.5) is 9.59 Å². The van der Waals surface area contributed by atoms with Gasteiger partial charge in [0, 0.05) is 71.0 Å². The molecule has 7 amide bonds. The number of pyridine rings is 2. The number of methoxy groups -OCH3 is 2. The van der Waals surface area contributed by atoms with Crippen molar-refractivity contribution in [2.45, 2.75) is 248 Å². The number of carboxylic acids is 1. The van der Waals surface area contributed by atoms with Gasteiger partial charge in [-0.25, -0.2) is 42.7 Å². The summed E-state index contributed by atoms with van der Waals surface area (Å²) in [5, 5.41) is 38.2. The van der Waals surface area contributed by atoms with Crippen molar-refractivity contribution in [2.75, 3.05) is 27.3 Å². The van der Waals surface area contributed by atoms with Gasteiger partial charge in [-0.1, -0.05) is 89.3 Å². The minimum Gasteiger partial charge on any atom is -0.497 e. The zero-order chi connectivity index (χ0) is 81.6. The van der Waals surface area contributed by atoms with E-state index in [2.05, 4.69) is 69.0 Å². The maximum absolute atomic E-state index is 14.7. The predicted molar refractivity (Wildman–Crippen MR) is 429 cm³/mol. The molecule has 10 atom stereocenters. The average molecular weight is 1640 g/mol. The van der Waals surface area contributed by atoms with E-state index < -0.39 is 128 Å². The Bertz CT molecular complexity index is 4720. The van der Waals surface area contributed by atoms with Crippen LogP contribution >= 0.6 is 34.3 Å². The molecule has 3 aliphatic carbocycles. The number of ether oxygens (including phenoxy) is 5. The molecule has 7 N–H and O–H groups in total. The Morgan fingerprint density at radius 1 is 0.628 bits per heavy atom. The number of halogens is 1. The normalized spacial score (nSPS) is 25.6. The van der Waals surface area contributed by atoms with Gasteiger partial charge in [0.15, 0.2) is 0 Å². The summed E-state index contributed by atoms with van der Waals surface area (Å²) in [6.07, 6.45) is 12.6. The summed E-state index contributed by atoms with van der Waals surface area (Å²) < 4.78 is 56.4. The zero-order valence-electron chi connectivity index (χ0n) is 66.0. The highest BCUT2D eigenvalue weighted by Crippen LogP contribution is 2.48. The topological polar surface area (TPSA) is 375 Å². The molecule has 13 rings (SSSR count). The van der Waals surface area contributed by atoms with Crippen molar-refractivity contribution in [3.05, 3.63) is 100 Å². The molecule has 2 saturated heterocycles. The number of amides is 7. The number of fused-ring (bicyclic) bond motifs is 6. The number of thiazole rings is 2. The van der Waals surface area contributed by atoms with Gasteiger partial charge in [0.05, 0.1) is 59.6 Å². The Hall–Kier alpha value is -9.04. The number of aliphatic carboxylic acids is 1. The van der Waals surface area contributed by atoms with Gasteiger partial charge in [-0.05, 0) is 148 Å². The third-order valence-electron chi connectivity index (χ3n) is 20.8. The molecule has 3 saturated carbocycles. The molecule has 32 heteroatoms. The number of nitrogens with one attached hydrogen (secondary N) is 5. The highest BCUT2D eigenvalue weighted by molar-refractivity contribution is 7.91. The first-order chi connectivity index (χ1) is 53.5. The van der Waals surface area contributed by atoms with Gasteiger partial charge in [-0.15, -0.1) is 22.7 Å². The smallest absolute Gasteiger partial charge is 0.408 e. The standard InChI is InChI=1S/C42H54N6O9S2.C23H35N3O7.C16H15ClN2OS/c1-24(2)33-23-58-37(44-33)32-20-35(29-17-14-26(55-6)18-31(29)43-32)56-27-19-34-36(49)46-42(39(51)47-59(53,54)28-15-16-28)21-25(42)12-10-8-7-9-11-13-30(38(50)48(34)22-27)45-40(52)57-41(3,4)5;1-22(2,3)33-21(32)24-16-10-8-6-4-5-7-9-14-12-23(14,20(30)31)25-18(28)17-11-15(27)13-26(17)19(16)29;1-9(2)15-8-21-16(19-15)14-7-12(17)11-5-4-10(20-3)6-13(11)18-14/h10,12,14,17-18,20,23-25,27-28,30,34H,7-9,11,13,15-16,19,21-22H2,1-6H3,(H,45,52)(H,46,49)(H,47,51);7,9,14-17,27H,4-6,8,10-13H2,1-3H3,(H,24,32)(H,25,28)(H,30,31);4-9H,1-3H3/b12-10-;9-7-;/t25?,27-,30+,34+,42-;14?,15-,16+,17+,23-;/m11./s1. The van der Waals surface area contributed by atoms with E-state index >= 15 is 0 Å². The van der Waals surface area contributed by atoms with Crippen LogP contribution in [0.5, 0.6) is 17.2 Å². The Balaban J connectivity index is 0.000000194. The van der Waals surface area contributed by atoms with Crippen molar-refractivity contribution in [1.29, 1.82) is 0 Å². The molecule has 6 aromatic rings. The van der Waals surface area contributed by atoms with E-state index in [1.54, 1.807) is 79.2 Å². The second kappa shape index (κ2) is 35.4. The van der Waals surface area contributed by atoms with Crippen molar-refractivity contribution in [3.8, 4) is 38.7 Å². The van der Waals surface area contributed by atoms with Crippen LogP contribution in [-0.2, 0) is 48.3 Å². The Morgan fingerprint density at radius 2 is 1.11 bits per heavy atom. The Labute approximate surface area is 671 Å². The molecule has 5 fully saturated rings. The summed E-state index contributed by atoms with van der Waals surface area (Å²) >= 11 is 9.44. The van der Waals surface area contributed by atoms with Gasteiger partial charge in [0.25, 0.3) is 5.91 Å². The monoisotopic (exact) mass is 1630 g/mol. The summed E-state index contributed by atoms with van der Waals surface area (Å²) in [6.45, 7) is 18.7. The molecule has 4 aromatic heterocycles. The van der Waals surface area contributed by atoms with Crippen LogP contribution in [0, 0.1) is 11.8 Å². The van der Waals surface area contributed by atoms with Crippen LogP contribution in [-0.4, -0.2) is 187 Å². The largest absolute Gasteiger partial charge is 0.497 e. The van der Waals surface area contributed by atoms with Crippen LogP contribution in [0.25, 0.3) is 43.2 Å². The number of hydrogen-bond donors (Lipinski definition) is 7. The molecule has 7 aliphatic rings. The zero-order valence-corrected chi connectivity index (χ0v) is 69.2. The van der Waals surface area contributed by atoms with Crippen molar-refractivity contribution in [1.82, 2.24) is 55.7 Å². The maximum Gasteiger partial charge on any atom is 0.408 e. The van der Waals surface area contributed by atoms with Crippen molar-refractivity contribution >= 4 is 114 Å². The minimum atomic E-state index is -3.91. The SMILES string of the molecule is CC(C)(C)OC(=O)N[C@H]1CCCCC/C=C\C2C[C@@]2(C(=O)O)NC(=O)[C@@H]2C[C@@H](O)CN2C1=O.COc1ccc2c(Cl)cc(-c3nc(C(C)C)cs3)nc2c1.COc1ccc2c(O[C@@H]3C[C@H]4C(=O)N[C@]5(C(=O)NS(=O)(=O)C6CC6)CC5/C=C\CCCCC[C@H](NC(=O)OC(C)(C)C)C(=O)N4C3)cc(-c3nc(C(C)C)cs3)nc2c1. The molecule has 0 radical (unpaired) electrons. The highest BCUT2D eigenvalue weighted by atomic mass is 35.5. The number of nitrogens with zero attached hydrogens (tertiary/aromatic N) is 6. The van der Waals surface area contributed by atoms with E-state index in [4.69, 9.17) is 45.3 Å². The van der Waals surface area contributed by atoms with Crippen LogP contribution < -0.4 is 40.2 Å². The summed E-state index contributed by atoms with van der Waals surface area (Å²) in [6, 6.07) is 10.8. The molecular formula is C81H104ClN11O17S3. The minimum absolute atomic E-state index is 0.00688. The van der Waals surface area contributed by atoms with E-state index in [0.717, 1.165) is 70.8 Å². The van der Waals surface area contributed by atoms with Gasteiger partial charge in [0.1, 0.15) is 91.2 Å². The second-order valence-corrected chi connectivity index (χ2v) is 36.7. The predicted octanol–water partition coefficient (Wildman–Crippen LogP) is 12.2. The molecule has 28 nitrogen and oxygen atoms in total. The first-order valence-corrected chi connectivity index (χ1v) is 42.4. The number of rotatable bonds is 14. The number of benzene rings is 2. The van der Waals surface area contributed by atoms with E-state index in [0.29, 0.717) is 89.0 Å². The first-order valence-electron chi connectivity index (χ1n) is 38.7. The fourth-order valence-electron chi connectivity index (χ4n) is 14.3. The third kappa shape index (κ3) is 21.1. The molecular weight excluding hydrogens is 1530 g/mol. The fraction of sp³-hybridized carbons (Fsp3) is 0.556. The number of hydrogen-bond acceptors (Lipinski definition) is 22. The number of carboxylic acid groups (broad SMARTS) is 1. The van der Waals surface area contributed by atoms with Crippen LogP contribution in [0.3, 0.4) is 0 Å².